The quantitative estimate of drug-likeness (QED) is 0.914. The van der Waals surface area contributed by atoms with Crippen molar-refractivity contribution in [2.45, 2.75) is 12.6 Å². The van der Waals surface area contributed by atoms with Crippen molar-refractivity contribution in [3.05, 3.63) is 29.8 Å². The second-order valence-electron chi connectivity index (χ2n) is 4.57. The van der Waals surface area contributed by atoms with Crippen molar-refractivity contribution in [1.82, 2.24) is 15.3 Å². The number of aromatic amines is 1. The molecule has 3 rings (SSSR count). The SMILES string of the molecule is Fc1ccc2nc(CNC3CSCCSC3)[nH]c2c1. The van der Waals surface area contributed by atoms with E-state index in [2.05, 4.69) is 15.3 Å². The van der Waals surface area contributed by atoms with Crippen LogP contribution in [-0.2, 0) is 6.54 Å². The van der Waals surface area contributed by atoms with E-state index in [9.17, 15) is 4.39 Å². The van der Waals surface area contributed by atoms with E-state index in [1.54, 1.807) is 6.07 Å². The Morgan fingerprint density at radius 3 is 2.89 bits per heavy atom. The molecule has 1 aromatic carbocycles. The number of hydrogen-bond acceptors (Lipinski definition) is 4. The molecule has 1 aromatic heterocycles. The van der Waals surface area contributed by atoms with Gasteiger partial charge in [-0.1, -0.05) is 0 Å². The van der Waals surface area contributed by atoms with Crippen molar-refractivity contribution < 1.29 is 4.39 Å². The molecule has 6 heteroatoms. The summed E-state index contributed by atoms with van der Waals surface area (Å²) in [6.07, 6.45) is 0. The maximum Gasteiger partial charge on any atom is 0.125 e. The number of aromatic nitrogens is 2. The van der Waals surface area contributed by atoms with Crippen molar-refractivity contribution >= 4 is 34.6 Å². The van der Waals surface area contributed by atoms with Gasteiger partial charge in [-0.25, -0.2) is 9.37 Å². The number of benzene rings is 1. The lowest BCUT2D eigenvalue weighted by Gasteiger charge is -2.13. The average Bonchev–Trinajstić information content (AvgIpc) is 2.63. The Labute approximate surface area is 120 Å². The third-order valence-electron chi connectivity index (χ3n) is 3.06. The summed E-state index contributed by atoms with van der Waals surface area (Å²) in [7, 11) is 0. The zero-order chi connectivity index (χ0) is 13.1. The van der Waals surface area contributed by atoms with Crippen LogP contribution in [0.15, 0.2) is 18.2 Å². The molecule has 102 valence electrons. The molecule has 0 unspecified atom stereocenters. The second kappa shape index (κ2) is 6.15. The molecule has 1 aliphatic rings. The van der Waals surface area contributed by atoms with Crippen LogP contribution in [0.3, 0.4) is 0 Å². The lowest BCUT2D eigenvalue weighted by atomic mass is 10.3. The monoisotopic (exact) mass is 297 g/mol. The first-order valence-corrected chi connectivity index (χ1v) is 8.65. The summed E-state index contributed by atoms with van der Waals surface area (Å²) in [5, 5.41) is 3.52. The Morgan fingerprint density at radius 1 is 1.32 bits per heavy atom. The summed E-state index contributed by atoms with van der Waals surface area (Å²) in [6.45, 7) is 0.710. The molecule has 2 heterocycles. The average molecular weight is 297 g/mol. The van der Waals surface area contributed by atoms with E-state index in [4.69, 9.17) is 0 Å². The van der Waals surface area contributed by atoms with Crippen LogP contribution in [0.2, 0.25) is 0 Å². The minimum atomic E-state index is -0.229. The molecule has 0 saturated carbocycles. The maximum absolute atomic E-state index is 13.1. The highest BCUT2D eigenvalue weighted by Crippen LogP contribution is 2.17. The Kier molecular flexibility index (Phi) is 4.30. The van der Waals surface area contributed by atoms with Crippen LogP contribution in [0.5, 0.6) is 0 Å². The van der Waals surface area contributed by atoms with Crippen LogP contribution < -0.4 is 5.32 Å². The summed E-state index contributed by atoms with van der Waals surface area (Å²) in [6, 6.07) is 5.17. The van der Waals surface area contributed by atoms with Gasteiger partial charge in [0.15, 0.2) is 0 Å². The largest absolute Gasteiger partial charge is 0.341 e. The molecule has 1 aliphatic heterocycles. The first kappa shape index (κ1) is 13.3. The van der Waals surface area contributed by atoms with Gasteiger partial charge < -0.3 is 10.3 Å². The van der Waals surface area contributed by atoms with Crippen molar-refractivity contribution in [3.8, 4) is 0 Å². The fourth-order valence-electron chi connectivity index (χ4n) is 2.09. The van der Waals surface area contributed by atoms with E-state index in [1.807, 2.05) is 23.5 Å². The number of thioether (sulfide) groups is 2. The number of imidazole rings is 1. The molecule has 2 N–H and O–H groups in total. The molecule has 0 radical (unpaired) electrons. The van der Waals surface area contributed by atoms with E-state index in [-0.39, 0.29) is 5.82 Å². The number of halogens is 1. The number of nitrogens with zero attached hydrogens (tertiary/aromatic N) is 1. The van der Waals surface area contributed by atoms with Crippen molar-refractivity contribution in [2.75, 3.05) is 23.0 Å². The number of nitrogens with one attached hydrogen (secondary N) is 2. The Hall–Kier alpha value is -0.720. The summed E-state index contributed by atoms with van der Waals surface area (Å²) in [4.78, 5) is 7.63. The first-order valence-electron chi connectivity index (χ1n) is 6.34. The van der Waals surface area contributed by atoms with Crippen LogP contribution >= 0.6 is 23.5 Å². The zero-order valence-electron chi connectivity index (χ0n) is 10.5. The number of rotatable bonds is 3. The van der Waals surface area contributed by atoms with Crippen LogP contribution in [0.25, 0.3) is 11.0 Å². The van der Waals surface area contributed by atoms with Gasteiger partial charge in [0.2, 0.25) is 0 Å². The zero-order valence-corrected chi connectivity index (χ0v) is 12.1. The number of fused-ring (bicyclic) bond motifs is 1. The first-order chi connectivity index (χ1) is 9.31. The van der Waals surface area contributed by atoms with Crippen LogP contribution in [0, 0.1) is 5.82 Å². The summed E-state index contributed by atoms with van der Waals surface area (Å²) < 4.78 is 13.1. The lowest BCUT2D eigenvalue weighted by Crippen LogP contribution is -2.32. The molecule has 1 saturated heterocycles. The van der Waals surface area contributed by atoms with Gasteiger partial charge in [0.1, 0.15) is 11.6 Å². The molecule has 0 bridgehead atoms. The van der Waals surface area contributed by atoms with Gasteiger partial charge >= 0.3 is 0 Å². The van der Waals surface area contributed by atoms with E-state index < -0.39 is 0 Å². The molecule has 1 fully saturated rings. The van der Waals surface area contributed by atoms with E-state index in [1.165, 1.54) is 23.6 Å². The van der Waals surface area contributed by atoms with E-state index >= 15 is 0 Å². The Balaban J connectivity index is 1.64. The Morgan fingerprint density at radius 2 is 2.11 bits per heavy atom. The third kappa shape index (κ3) is 3.43. The highest BCUT2D eigenvalue weighted by molar-refractivity contribution is 8.03. The Bertz CT molecular complexity index is 550. The molecule has 3 nitrogen and oxygen atoms in total. The fourth-order valence-corrected chi connectivity index (χ4v) is 4.56. The van der Waals surface area contributed by atoms with Crippen LogP contribution in [0.4, 0.5) is 4.39 Å². The van der Waals surface area contributed by atoms with Gasteiger partial charge in [-0.05, 0) is 18.2 Å². The van der Waals surface area contributed by atoms with Gasteiger partial charge in [-0.2, -0.15) is 23.5 Å². The highest BCUT2D eigenvalue weighted by atomic mass is 32.2. The minimum Gasteiger partial charge on any atom is -0.341 e. The fraction of sp³-hybridized carbons (Fsp3) is 0.462. The standard InChI is InChI=1S/C13H16FN3S2/c14-9-1-2-11-12(5-9)17-13(16-11)6-15-10-7-18-3-4-19-8-10/h1-2,5,10,15H,3-4,6-8H2,(H,16,17). The summed E-state index contributed by atoms with van der Waals surface area (Å²) >= 11 is 4.00. The van der Waals surface area contributed by atoms with Gasteiger partial charge in [-0.15, -0.1) is 0 Å². The summed E-state index contributed by atoms with van der Waals surface area (Å²) in [5.41, 5.74) is 1.59. The lowest BCUT2D eigenvalue weighted by molar-refractivity contribution is 0.590. The predicted octanol–water partition coefficient (Wildman–Crippen LogP) is 2.64. The molecule has 0 amide bonds. The van der Waals surface area contributed by atoms with Crippen molar-refractivity contribution in [2.24, 2.45) is 0 Å². The number of hydrogen-bond donors (Lipinski definition) is 2. The molecule has 0 atom stereocenters. The predicted molar refractivity (Wildman–Crippen MR) is 81.3 cm³/mol. The van der Waals surface area contributed by atoms with Gasteiger partial charge in [0, 0.05) is 29.1 Å². The smallest absolute Gasteiger partial charge is 0.125 e. The van der Waals surface area contributed by atoms with Crippen LogP contribution in [0.1, 0.15) is 5.82 Å². The van der Waals surface area contributed by atoms with Crippen molar-refractivity contribution in [1.29, 1.82) is 0 Å². The highest BCUT2D eigenvalue weighted by Gasteiger charge is 2.13. The van der Waals surface area contributed by atoms with Gasteiger partial charge in [0.25, 0.3) is 0 Å². The molecule has 19 heavy (non-hydrogen) atoms. The van der Waals surface area contributed by atoms with Gasteiger partial charge in [0.05, 0.1) is 17.6 Å². The third-order valence-corrected chi connectivity index (χ3v) is 5.58. The molecular formula is C13H16FN3S2. The van der Waals surface area contributed by atoms with Gasteiger partial charge in [-0.3, -0.25) is 0 Å². The minimum absolute atomic E-state index is 0.229. The molecule has 0 aliphatic carbocycles. The van der Waals surface area contributed by atoms with Crippen LogP contribution in [-0.4, -0.2) is 39.0 Å². The summed E-state index contributed by atoms with van der Waals surface area (Å²) in [5.74, 6) is 5.44. The maximum atomic E-state index is 13.1. The number of H-pyrrole nitrogens is 1. The van der Waals surface area contributed by atoms with E-state index in [0.29, 0.717) is 12.6 Å². The normalized spacial score (nSPS) is 17.7. The second-order valence-corrected chi connectivity index (χ2v) is 6.87. The molecule has 0 spiro atoms. The topological polar surface area (TPSA) is 40.7 Å². The van der Waals surface area contributed by atoms with E-state index in [0.717, 1.165) is 28.4 Å². The molecular weight excluding hydrogens is 281 g/mol. The molecule has 2 aromatic rings. The van der Waals surface area contributed by atoms with Crippen molar-refractivity contribution in [3.63, 3.8) is 0 Å².